The van der Waals surface area contributed by atoms with Gasteiger partial charge in [-0.15, -0.1) is 0 Å². The smallest absolute Gasteiger partial charge is 0.338 e. The Morgan fingerprint density at radius 1 is 0.912 bits per heavy atom. The van der Waals surface area contributed by atoms with Crippen LogP contribution in [0.5, 0.6) is 0 Å². The van der Waals surface area contributed by atoms with Crippen LogP contribution < -0.4 is 4.90 Å². The Balaban J connectivity index is 1.41. The number of anilines is 1. The summed E-state index contributed by atoms with van der Waals surface area (Å²) < 4.78 is 33.0. The molecule has 1 saturated heterocycles. The first-order valence-corrected chi connectivity index (χ1v) is 12.1. The Bertz CT molecular complexity index is 1290. The number of sulfonamides is 1. The minimum atomic E-state index is -3.78. The zero-order valence-corrected chi connectivity index (χ0v) is 19.1. The first-order chi connectivity index (χ1) is 16.3. The first kappa shape index (κ1) is 23.4. The van der Waals surface area contributed by atoms with Crippen molar-refractivity contribution in [3.8, 4) is 0 Å². The molecule has 0 saturated carbocycles. The van der Waals surface area contributed by atoms with Crippen LogP contribution in [0.1, 0.15) is 15.9 Å². The number of hydrogen-bond acceptors (Lipinski definition) is 7. The van der Waals surface area contributed by atoms with E-state index in [4.69, 9.17) is 4.74 Å². The molecule has 3 aromatic rings. The third-order valence-corrected chi connectivity index (χ3v) is 7.45. The van der Waals surface area contributed by atoms with E-state index in [2.05, 4.69) is 4.90 Å². The van der Waals surface area contributed by atoms with Crippen molar-refractivity contribution < 1.29 is 22.9 Å². The highest BCUT2D eigenvalue weighted by molar-refractivity contribution is 7.89. The maximum absolute atomic E-state index is 13.2. The van der Waals surface area contributed by atoms with Crippen molar-refractivity contribution in [1.82, 2.24) is 4.31 Å². The van der Waals surface area contributed by atoms with E-state index in [0.717, 1.165) is 5.69 Å². The lowest BCUT2D eigenvalue weighted by atomic mass is 10.2. The van der Waals surface area contributed by atoms with E-state index >= 15 is 0 Å². The summed E-state index contributed by atoms with van der Waals surface area (Å²) in [6, 6.07) is 21.3. The zero-order valence-electron chi connectivity index (χ0n) is 18.2. The molecule has 0 amide bonds. The lowest BCUT2D eigenvalue weighted by molar-refractivity contribution is -0.384. The molecular weight excluding hydrogens is 458 g/mol. The van der Waals surface area contributed by atoms with Gasteiger partial charge in [0.25, 0.3) is 5.69 Å². The van der Waals surface area contributed by atoms with Crippen molar-refractivity contribution in [2.75, 3.05) is 31.1 Å². The number of para-hydroxylation sites is 1. The molecule has 176 valence electrons. The normalized spacial score (nSPS) is 14.5. The molecule has 0 N–H and O–H groups in total. The van der Waals surface area contributed by atoms with Gasteiger partial charge < -0.3 is 9.64 Å². The number of nitro benzene ring substituents is 1. The summed E-state index contributed by atoms with van der Waals surface area (Å²) in [6.07, 6.45) is 0. The van der Waals surface area contributed by atoms with Gasteiger partial charge in [0.15, 0.2) is 0 Å². The second-order valence-electron chi connectivity index (χ2n) is 7.76. The van der Waals surface area contributed by atoms with Crippen molar-refractivity contribution in [3.63, 3.8) is 0 Å². The molecule has 1 aliphatic rings. The third-order valence-electron chi connectivity index (χ3n) is 5.56. The number of nitrogens with zero attached hydrogens (tertiary/aromatic N) is 3. The largest absolute Gasteiger partial charge is 0.457 e. The summed E-state index contributed by atoms with van der Waals surface area (Å²) >= 11 is 0. The molecule has 0 radical (unpaired) electrons. The van der Waals surface area contributed by atoms with Crippen LogP contribution in [-0.2, 0) is 21.4 Å². The van der Waals surface area contributed by atoms with E-state index in [9.17, 15) is 23.3 Å². The maximum atomic E-state index is 13.2. The molecule has 1 fully saturated rings. The summed E-state index contributed by atoms with van der Waals surface area (Å²) in [5, 5.41) is 10.9. The SMILES string of the molecule is O=C(OCc1cccc([N+](=O)[O-])c1)c1cccc(S(=O)(=O)N2CCN(c3ccccc3)CC2)c1. The summed E-state index contributed by atoms with van der Waals surface area (Å²) in [7, 11) is -3.78. The Morgan fingerprint density at radius 2 is 1.62 bits per heavy atom. The van der Waals surface area contributed by atoms with E-state index in [1.165, 1.54) is 46.8 Å². The number of ether oxygens (including phenoxy) is 1. The van der Waals surface area contributed by atoms with Crippen LogP contribution in [0.3, 0.4) is 0 Å². The van der Waals surface area contributed by atoms with E-state index in [1.54, 1.807) is 6.07 Å². The summed E-state index contributed by atoms with van der Waals surface area (Å²) in [4.78, 5) is 25.0. The molecule has 0 spiro atoms. The molecule has 4 rings (SSSR count). The summed E-state index contributed by atoms with van der Waals surface area (Å²) in [6.45, 7) is 1.62. The van der Waals surface area contributed by atoms with Crippen molar-refractivity contribution >= 4 is 27.4 Å². The number of hydrogen-bond donors (Lipinski definition) is 0. The van der Waals surface area contributed by atoms with Crippen LogP contribution >= 0.6 is 0 Å². The average molecular weight is 482 g/mol. The van der Waals surface area contributed by atoms with Crippen molar-refractivity contribution in [2.24, 2.45) is 0 Å². The van der Waals surface area contributed by atoms with Crippen LogP contribution in [0.2, 0.25) is 0 Å². The number of carbonyl (C=O) groups excluding carboxylic acids is 1. The van der Waals surface area contributed by atoms with E-state index in [0.29, 0.717) is 31.7 Å². The highest BCUT2D eigenvalue weighted by Gasteiger charge is 2.29. The Kier molecular flexibility index (Phi) is 6.90. The topological polar surface area (TPSA) is 110 Å². The van der Waals surface area contributed by atoms with Gasteiger partial charge in [-0.3, -0.25) is 10.1 Å². The zero-order chi connectivity index (χ0) is 24.1. The monoisotopic (exact) mass is 481 g/mol. The van der Waals surface area contributed by atoms with Gasteiger partial charge in [0, 0.05) is 44.0 Å². The summed E-state index contributed by atoms with van der Waals surface area (Å²) in [5.74, 6) is -0.711. The fourth-order valence-electron chi connectivity index (χ4n) is 3.75. The van der Waals surface area contributed by atoms with E-state index < -0.39 is 20.9 Å². The molecule has 9 nitrogen and oxygen atoms in total. The minimum absolute atomic E-state index is 0.0189. The predicted octanol–water partition coefficient (Wildman–Crippen LogP) is 3.46. The molecule has 0 aromatic heterocycles. The van der Waals surface area contributed by atoms with Crippen LogP contribution in [0.15, 0.2) is 83.8 Å². The fourth-order valence-corrected chi connectivity index (χ4v) is 5.22. The van der Waals surface area contributed by atoms with Crippen LogP contribution in [0.4, 0.5) is 11.4 Å². The highest BCUT2D eigenvalue weighted by atomic mass is 32.2. The molecule has 0 atom stereocenters. The predicted molar refractivity (Wildman–Crippen MR) is 126 cm³/mol. The second kappa shape index (κ2) is 10.0. The summed E-state index contributed by atoms with van der Waals surface area (Å²) in [5.41, 5.74) is 1.50. The van der Waals surface area contributed by atoms with Crippen LogP contribution in [-0.4, -0.2) is 49.8 Å². The Labute approximate surface area is 197 Å². The second-order valence-corrected chi connectivity index (χ2v) is 9.70. The lowest BCUT2D eigenvalue weighted by Gasteiger charge is -2.35. The Hall–Kier alpha value is -3.76. The van der Waals surface area contributed by atoms with Gasteiger partial charge in [-0.05, 0) is 35.9 Å². The fraction of sp³-hybridized carbons (Fsp3) is 0.208. The van der Waals surface area contributed by atoms with Crippen LogP contribution in [0, 0.1) is 10.1 Å². The van der Waals surface area contributed by atoms with Crippen molar-refractivity contribution in [2.45, 2.75) is 11.5 Å². The number of rotatable bonds is 7. The van der Waals surface area contributed by atoms with Crippen molar-refractivity contribution in [3.05, 3.63) is 100 Å². The third kappa shape index (κ3) is 5.24. The quantitative estimate of drug-likeness (QED) is 0.289. The first-order valence-electron chi connectivity index (χ1n) is 10.7. The van der Waals surface area contributed by atoms with Gasteiger partial charge in [-0.1, -0.05) is 36.4 Å². The molecule has 1 heterocycles. The van der Waals surface area contributed by atoms with E-state index in [1.807, 2.05) is 30.3 Å². The molecule has 3 aromatic carbocycles. The highest BCUT2D eigenvalue weighted by Crippen LogP contribution is 2.22. The standard InChI is InChI=1S/C24H23N3O6S/c28-24(33-18-19-6-4-10-22(16-19)27(29)30)20-7-5-11-23(17-20)34(31,32)26-14-12-25(13-15-26)21-8-2-1-3-9-21/h1-11,16-17H,12-15,18H2. The number of esters is 1. The maximum Gasteiger partial charge on any atom is 0.338 e. The Morgan fingerprint density at radius 3 is 2.32 bits per heavy atom. The van der Waals surface area contributed by atoms with Gasteiger partial charge in [0.1, 0.15) is 6.61 Å². The molecule has 34 heavy (non-hydrogen) atoms. The lowest BCUT2D eigenvalue weighted by Crippen LogP contribution is -2.48. The molecule has 0 bridgehead atoms. The molecule has 10 heteroatoms. The van der Waals surface area contributed by atoms with Gasteiger partial charge in [-0.25, -0.2) is 13.2 Å². The number of non-ortho nitro benzene ring substituents is 1. The van der Waals surface area contributed by atoms with Crippen molar-refractivity contribution in [1.29, 1.82) is 0 Å². The van der Waals surface area contributed by atoms with Gasteiger partial charge >= 0.3 is 5.97 Å². The van der Waals surface area contributed by atoms with Gasteiger partial charge in [-0.2, -0.15) is 4.31 Å². The number of benzene rings is 3. The number of carbonyl (C=O) groups is 1. The average Bonchev–Trinajstić information content (AvgIpc) is 2.88. The minimum Gasteiger partial charge on any atom is -0.457 e. The van der Waals surface area contributed by atoms with Gasteiger partial charge in [0.2, 0.25) is 10.0 Å². The molecule has 0 aliphatic carbocycles. The molecule has 0 unspecified atom stereocenters. The number of nitro groups is 1. The van der Waals surface area contributed by atoms with Gasteiger partial charge in [0.05, 0.1) is 15.4 Å². The number of piperazine rings is 1. The molecular formula is C24H23N3O6S. The van der Waals surface area contributed by atoms with E-state index in [-0.39, 0.29) is 22.8 Å². The van der Waals surface area contributed by atoms with Crippen LogP contribution in [0.25, 0.3) is 0 Å². The molecule has 1 aliphatic heterocycles.